The second-order valence-corrected chi connectivity index (χ2v) is 10.7. The van der Waals surface area contributed by atoms with Gasteiger partial charge in [0.05, 0.1) is 10.9 Å². The molecule has 0 spiro atoms. The number of hydrogen-bond acceptors (Lipinski definition) is 4. The molecule has 1 aromatic carbocycles. The molecule has 29 heavy (non-hydrogen) atoms. The molecule has 3 rings (SSSR count). The van der Waals surface area contributed by atoms with E-state index >= 15 is 0 Å². The Morgan fingerprint density at radius 1 is 1.03 bits per heavy atom. The van der Waals surface area contributed by atoms with Crippen molar-refractivity contribution in [2.75, 3.05) is 26.2 Å². The van der Waals surface area contributed by atoms with Gasteiger partial charge in [-0.15, -0.1) is 0 Å². The number of amides is 1. The van der Waals surface area contributed by atoms with Gasteiger partial charge in [0.25, 0.3) is 0 Å². The van der Waals surface area contributed by atoms with E-state index < -0.39 is 10.0 Å². The normalized spacial score (nSPS) is 25.8. The van der Waals surface area contributed by atoms with Gasteiger partial charge in [-0.1, -0.05) is 17.7 Å². The predicted molar refractivity (Wildman–Crippen MR) is 115 cm³/mol. The summed E-state index contributed by atoms with van der Waals surface area (Å²) in [6.45, 7) is 12.0. The minimum absolute atomic E-state index is 0.176. The molecular weight excluding hydrogens is 386 g/mol. The van der Waals surface area contributed by atoms with Crippen molar-refractivity contribution in [2.24, 2.45) is 0 Å². The number of hydrogen-bond donors (Lipinski definition) is 0. The number of carbonyl (C=O) groups excluding carboxylic acids is 1. The van der Waals surface area contributed by atoms with Gasteiger partial charge in [0.15, 0.2) is 0 Å². The minimum Gasteiger partial charge on any atom is -0.336 e. The first kappa shape index (κ1) is 22.2. The first-order valence-electron chi connectivity index (χ1n) is 10.8. The number of nitrogens with zero attached hydrogens (tertiary/aromatic N) is 3. The van der Waals surface area contributed by atoms with E-state index in [1.54, 1.807) is 10.4 Å². The molecule has 1 amide bonds. The lowest BCUT2D eigenvalue weighted by Crippen LogP contribution is -2.58. The molecule has 2 fully saturated rings. The zero-order valence-corrected chi connectivity index (χ0v) is 19.2. The van der Waals surface area contributed by atoms with E-state index in [0.717, 1.165) is 24.0 Å². The molecule has 0 radical (unpaired) electrons. The summed E-state index contributed by atoms with van der Waals surface area (Å²) in [5.74, 6) is 0.176. The van der Waals surface area contributed by atoms with Crippen LogP contribution in [0.1, 0.15) is 51.2 Å². The molecule has 0 saturated carbocycles. The van der Waals surface area contributed by atoms with Crippen LogP contribution < -0.4 is 0 Å². The average molecular weight is 422 g/mol. The first-order chi connectivity index (χ1) is 13.6. The van der Waals surface area contributed by atoms with Crippen molar-refractivity contribution >= 4 is 15.9 Å². The standard InChI is InChI=1S/C22H35N3O3S/c1-16-9-10-21(17(2)15-16)29(27,28)24-13-11-23(12-14-24)20(5)22(26)25-18(3)7-6-8-19(25)4/h9-10,15,18-20H,6-8,11-14H2,1-5H3/t18-,19+,20-/m0/s1. The smallest absolute Gasteiger partial charge is 0.243 e. The summed E-state index contributed by atoms with van der Waals surface area (Å²) in [4.78, 5) is 17.7. The van der Waals surface area contributed by atoms with Gasteiger partial charge in [0, 0.05) is 38.3 Å². The van der Waals surface area contributed by atoms with Crippen molar-refractivity contribution in [3.05, 3.63) is 29.3 Å². The number of aryl methyl sites for hydroxylation is 2. The molecule has 0 aromatic heterocycles. The van der Waals surface area contributed by atoms with Crippen molar-refractivity contribution in [1.82, 2.24) is 14.1 Å². The van der Waals surface area contributed by atoms with Crippen LogP contribution in [0.4, 0.5) is 0 Å². The second kappa shape index (κ2) is 8.74. The fourth-order valence-electron chi connectivity index (χ4n) is 4.79. The quantitative estimate of drug-likeness (QED) is 0.750. The van der Waals surface area contributed by atoms with Gasteiger partial charge in [-0.3, -0.25) is 9.69 Å². The Morgan fingerprint density at radius 2 is 1.62 bits per heavy atom. The lowest BCUT2D eigenvalue weighted by atomic mass is 9.96. The first-order valence-corrected chi connectivity index (χ1v) is 12.2. The van der Waals surface area contributed by atoms with Gasteiger partial charge < -0.3 is 4.90 Å². The van der Waals surface area contributed by atoms with Crippen LogP contribution in [0.5, 0.6) is 0 Å². The molecule has 0 aliphatic carbocycles. The maximum absolute atomic E-state index is 13.1. The van der Waals surface area contributed by atoms with Crippen LogP contribution in [-0.4, -0.2) is 72.7 Å². The molecule has 0 bridgehead atoms. The van der Waals surface area contributed by atoms with Crippen LogP contribution in [0.25, 0.3) is 0 Å². The van der Waals surface area contributed by atoms with Gasteiger partial charge in [-0.2, -0.15) is 4.31 Å². The number of piperazine rings is 1. The summed E-state index contributed by atoms with van der Waals surface area (Å²) in [5, 5.41) is 0. The highest BCUT2D eigenvalue weighted by atomic mass is 32.2. The zero-order valence-electron chi connectivity index (χ0n) is 18.4. The molecule has 2 aliphatic rings. The van der Waals surface area contributed by atoms with E-state index in [0.29, 0.717) is 31.1 Å². The lowest BCUT2D eigenvalue weighted by Gasteiger charge is -2.43. The van der Waals surface area contributed by atoms with E-state index in [1.165, 1.54) is 6.42 Å². The zero-order chi connectivity index (χ0) is 21.3. The Balaban J connectivity index is 1.66. The van der Waals surface area contributed by atoms with Crippen molar-refractivity contribution in [3.8, 4) is 0 Å². The largest absolute Gasteiger partial charge is 0.336 e. The van der Waals surface area contributed by atoms with E-state index in [1.807, 2.05) is 37.8 Å². The third-order valence-corrected chi connectivity index (χ3v) is 8.63. The maximum atomic E-state index is 13.1. The molecule has 7 heteroatoms. The number of benzene rings is 1. The van der Waals surface area contributed by atoms with Gasteiger partial charge in [0.2, 0.25) is 15.9 Å². The van der Waals surface area contributed by atoms with Gasteiger partial charge in [0.1, 0.15) is 0 Å². The van der Waals surface area contributed by atoms with Crippen LogP contribution in [0, 0.1) is 13.8 Å². The number of piperidine rings is 1. The Labute approximate surface area is 175 Å². The number of rotatable bonds is 4. The van der Waals surface area contributed by atoms with E-state index in [2.05, 4.69) is 18.7 Å². The number of likely N-dealkylation sites (tertiary alicyclic amines) is 1. The third kappa shape index (κ3) is 4.52. The highest BCUT2D eigenvalue weighted by Crippen LogP contribution is 2.26. The Kier molecular flexibility index (Phi) is 6.70. The monoisotopic (exact) mass is 421 g/mol. The van der Waals surface area contributed by atoms with Gasteiger partial charge in [-0.05, 0) is 65.5 Å². The molecule has 1 aromatic rings. The predicted octanol–water partition coefficient (Wildman–Crippen LogP) is 2.79. The molecule has 2 aliphatic heterocycles. The molecule has 2 heterocycles. The molecule has 3 atom stereocenters. The SMILES string of the molecule is Cc1ccc(S(=O)(=O)N2CCN([C@@H](C)C(=O)N3[C@H](C)CCC[C@@H]3C)CC2)c(C)c1. The van der Waals surface area contributed by atoms with Crippen LogP contribution in [0.15, 0.2) is 23.1 Å². The highest BCUT2D eigenvalue weighted by Gasteiger charge is 2.36. The topological polar surface area (TPSA) is 60.9 Å². The summed E-state index contributed by atoms with van der Waals surface area (Å²) in [5.41, 5.74) is 1.84. The molecule has 2 saturated heterocycles. The lowest BCUT2D eigenvalue weighted by molar-refractivity contribution is -0.143. The van der Waals surface area contributed by atoms with Crippen LogP contribution in [0.3, 0.4) is 0 Å². The number of carbonyl (C=O) groups is 1. The third-order valence-electron chi connectivity index (χ3n) is 6.57. The highest BCUT2D eigenvalue weighted by molar-refractivity contribution is 7.89. The summed E-state index contributed by atoms with van der Waals surface area (Å²) in [6.07, 6.45) is 3.30. The summed E-state index contributed by atoms with van der Waals surface area (Å²) in [6, 6.07) is 5.80. The van der Waals surface area contributed by atoms with Gasteiger partial charge in [-0.25, -0.2) is 8.42 Å². The van der Waals surface area contributed by atoms with Crippen molar-refractivity contribution in [1.29, 1.82) is 0 Å². The fourth-order valence-corrected chi connectivity index (χ4v) is 6.41. The summed E-state index contributed by atoms with van der Waals surface area (Å²) in [7, 11) is -3.51. The Morgan fingerprint density at radius 3 is 2.17 bits per heavy atom. The molecule has 0 N–H and O–H groups in total. The Hall–Kier alpha value is -1.44. The fraction of sp³-hybridized carbons (Fsp3) is 0.682. The molecule has 6 nitrogen and oxygen atoms in total. The summed E-state index contributed by atoms with van der Waals surface area (Å²) >= 11 is 0. The minimum atomic E-state index is -3.51. The van der Waals surface area contributed by atoms with Crippen molar-refractivity contribution in [3.63, 3.8) is 0 Å². The van der Waals surface area contributed by atoms with Crippen LogP contribution >= 0.6 is 0 Å². The van der Waals surface area contributed by atoms with Crippen LogP contribution in [0.2, 0.25) is 0 Å². The number of sulfonamides is 1. The molecule has 162 valence electrons. The average Bonchev–Trinajstić information content (AvgIpc) is 2.67. The van der Waals surface area contributed by atoms with E-state index in [9.17, 15) is 13.2 Å². The van der Waals surface area contributed by atoms with Crippen molar-refractivity contribution < 1.29 is 13.2 Å². The van der Waals surface area contributed by atoms with E-state index in [4.69, 9.17) is 0 Å². The summed E-state index contributed by atoms with van der Waals surface area (Å²) < 4.78 is 27.8. The van der Waals surface area contributed by atoms with Crippen molar-refractivity contribution in [2.45, 2.75) is 76.9 Å². The second-order valence-electron chi connectivity index (χ2n) is 8.76. The molecular formula is C22H35N3O3S. The van der Waals surface area contributed by atoms with E-state index in [-0.39, 0.29) is 24.0 Å². The maximum Gasteiger partial charge on any atom is 0.243 e. The van der Waals surface area contributed by atoms with Gasteiger partial charge >= 0.3 is 0 Å². The van der Waals surface area contributed by atoms with Crippen LogP contribution in [-0.2, 0) is 14.8 Å². The molecule has 0 unspecified atom stereocenters. The Bertz CT molecular complexity index is 837.